The van der Waals surface area contributed by atoms with Crippen LogP contribution in [0.3, 0.4) is 0 Å². The zero-order chi connectivity index (χ0) is 17.9. The second kappa shape index (κ2) is 7.05. The molecule has 0 heterocycles. The van der Waals surface area contributed by atoms with Gasteiger partial charge in [0, 0.05) is 16.8 Å². The molecular weight excluding hydrogens is 314 g/mol. The highest BCUT2D eigenvalue weighted by Crippen LogP contribution is 2.39. The molecule has 0 saturated carbocycles. The molecule has 0 N–H and O–H groups in total. The van der Waals surface area contributed by atoms with Crippen molar-refractivity contribution in [2.75, 3.05) is 4.90 Å². The molecule has 4 aromatic carbocycles. The van der Waals surface area contributed by atoms with Crippen molar-refractivity contribution in [2.24, 2.45) is 0 Å². The third-order valence-electron chi connectivity index (χ3n) is 4.82. The lowest BCUT2D eigenvalue weighted by Gasteiger charge is -2.27. The van der Waals surface area contributed by atoms with E-state index in [2.05, 4.69) is 116 Å². The monoisotopic (exact) mass is 337 g/mol. The van der Waals surface area contributed by atoms with Crippen LogP contribution < -0.4 is 4.90 Å². The van der Waals surface area contributed by atoms with Crippen molar-refractivity contribution in [3.63, 3.8) is 0 Å². The highest BCUT2D eigenvalue weighted by Gasteiger charge is 2.16. The summed E-state index contributed by atoms with van der Waals surface area (Å²) in [5.41, 5.74) is 4.94. The Labute approximate surface area is 155 Å². The summed E-state index contributed by atoms with van der Waals surface area (Å²) in [6.45, 7) is 4.52. The van der Waals surface area contributed by atoms with Gasteiger partial charge >= 0.3 is 0 Å². The Bertz CT molecular complexity index is 964. The van der Waals surface area contributed by atoms with Crippen LogP contribution in [0.5, 0.6) is 0 Å². The van der Waals surface area contributed by atoms with Crippen molar-refractivity contribution in [1.82, 2.24) is 0 Å². The third-order valence-corrected chi connectivity index (χ3v) is 4.82. The molecule has 26 heavy (non-hydrogen) atoms. The molecule has 4 rings (SSSR count). The summed E-state index contributed by atoms with van der Waals surface area (Å²) in [5.74, 6) is 0.496. The topological polar surface area (TPSA) is 3.24 Å². The van der Waals surface area contributed by atoms with Crippen LogP contribution in [0.4, 0.5) is 17.1 Å². The largest absolute Gasteiger partial charge is 0.310 e. The number of nitrogens with zero attached hydrogens (tertiary/aromatic N) is 1. The molecular formula is C25H23N. The van der Waals surface area contributed by atoms with Crippen molar-refractivity contribution < 1.29 is 0 Å². The lowest BCUT2D eigenvalue weighted by atomic mass is 9.95. The van der Waals surface area contributed by atoms with Gasteiger partial charge in [-0.3, -0.25) is 0 Å². The van der Waals surface area contributed by atoms with Gasteiger partial charge in [0.25, 0.3) is 0 Å². The van der Waals surface area contributed by atoms with Crippen LogP contribution in [0.2, 0.25) is 0 Å². The van der Waals surface area contributed by atoms with Crippen LogP contribution in [0.1, 0.15) is 25.3 Å². The summed E-state index contributed by atoms with van der Waals surface area (Å²) in [6.07, 6.45) is 0. The van der Waals surface area contributed by atoms with Crippen LogP contribution in [0.25, 0.3) is 10.8 Å². The fourth-order valence-corrected chi connectivity index (χ4v) is 3.60. The smallest absolute Gasteiger partial charge is 0.0540 e. The van der Waals surface area contributed by atoms with Crippen molar-refractivity contribution >= 4 is 27.8 Å². The zero-order valence-corrected chi connectivity index (χ0v) is 15.3. The maximum absolute atomic E-state index is 2.34. The van der Waals surface area contributed by atoms with Gasteiger partial charge in [0.05, 0.1) is 5.69 Å². The molecule has 0 radical (unpaired) electrons. The highest BCUT2D eigenvalue weighted by molar-refractivity contribution is 6.00. The summed E-state index contributed by atoms with van der Waals surface area (Å²) in [5, 5.41) is 2.61. The molecule has 0 aliphatic carbocycles. The minimum atomic E-state index is 0.496. The molecule has 0 aliphatic heterocycles. The van der Waals surface area contributed by atoms with Crippen LogP contribution in [0.15, 0.2) is 97.1 Å². The zero-order valence-electron chi connectivity index (χ0n) is 15.3. The Hall–Kier alpha value is -3.06. The quantitative estimate of drug-likeness (QED) is 0.374. The number of fused-ring (bicyclic) bond motifs is 1. The predicted octanol–water partition coefficient (Wildman–Crippen LogP) is 7.43. The number of benzene rings is 4. The first-order valence-electron chi connectivity index (χ1n) is 9.17. The summed E-state index contributed by atoms with van der Waals surface area (Å²) in [6, 6.07) is 34.4. The number of para-hydroxylation sites is 2. The van der Waals surface area contributed by atoms with Gasteiger partial charge in [-0.1, -0.05) is 80.6 Å². The molecule has 0 bridgehead atoms. The molecule has 4 aromatic rings. The molecule has 0 spiro atoms. The fraction of sp³-hybridized carbons (Fsp3) is 0.120. The van der Waals surface area contributed by atoms with Gasteiger partial charge < -0.3 is 4.90 Å². The molecule has 0 amide bonds. The molecule has 0 aliphatic rings. The highest BCUT2D eigenvalue weighted by atomic mass is 15.1. The third kappa shape index (κ3) is 2.97. The average Bonchev–Trinajstić information content (AvgIpc) is 2.69. The van der Waals surface area contributed by atoms with E-state index in [9.17, 15) is 0 Å². The minimum absolute atomic E-state index is 0.496. The Morgan fingerprint density at radius 2 is 1.08 bits per heavy atom. The molecule has 0 aromatic heterocycles. The first-order chi connectivity index (χ1) is 12.8. The molecule has 0 fully saturated rings. The van der Waals surface area contributed by atoms with Gasteiger partial charge in [-0.2, -0.15) is 0 Å². The van der Waals surface area contributed by atoms with E-state index in [1.165, 1.54) is 33.4 Å². The molecule has 1 heteroatoms. The lowest BCUT2D eigenvalue weighted by Crippen LogP contribution is -2.10. The number of hydrogen-bond acceptors (Lipinski definition) is 1. The fourth-order valence-electron chi connectivity index (χ4n) is 3.60. The van der Waals surface area contributed by atoms with Gasteiger partial charge in [-0.25, -0.2) is 0 Å². The number of anilines is 3. The molecule has 0 saturated heterocycles. The van der Waals surface area contributed by atoms with Crippen molar-refractivity contribution in [3.05, 3.63) is 103 Å². The molecule has 1 nitrogen and oxygen atoms in total. The van der Waals surface area contributed by atoms with Crippen LogP contribution in [0, 0.1) is 0 Å². The van der Waals surface area contributed by atoms with E-state index in [0.29, 0.717) is 5.92 Å². The second-order valence-corrected chi connectivity index (χ2v) is 6.88. The van der Waals surface area contributed by atoms with E-state index in [0.717, 1.165) is 0 Å². The van der Waals surface area contributed by atoms with E-state index in [-0.39, 0.29) is 0 Å². The Morgan fingerprint density at radius 3 is 1.65 bits per heavy atom. The van der Waals surface area contributed by atoms with Gasteiger partial charge in [-0.05, 0) is 47.2 Å². The first-order valence-corrected chi connectivity index (χ1v) is 9.17. The van der Waals surface area contributed by atoms with Gasteiger partial charge in [-0.15, -0.1) is 0 Å². The second-order valence-electron chi connectivity index (χ2n) is 6.88. The molecule has 0 atom stereocenters. The van der Waals surface area contributed by atoms with Gasteiger partial charge in [0.1, 0.15) is 0 Å². The Balaban J connectivity index is 1.99. The van der Waals surface area contributed by atoms with Crippen LogP contribution >= 0.6 is 0 Å². The van der Waals surface area contributed by atoms with Crippen molar-refractivity contribution in [2.45, 2.75) is 19.8 Å². The van der Waals surface area contributed by atoms with E-state index >= 15 is 0 Å². The van der Waals surface area contributed by atoms with E-state index in [1.807, 2.05) is 0 Å². The van der Waals surface area contributed by atoms with Crippen molar-refractivity contribution in [3.8, 4) is 0 Å². The average molecular weight is 337 g/mol. The molecule has 0 unspecified atom stereocenters. The molecule has 128 valence electrons. The van der Waals surface area contributed by atoms with Crippen LogP contribution in [-0.4, -0.2) is 0 Å². The summed E-state index contributed by atoms with van der Waals surface area (Å²) >= 11 is 0. The minimum Gasteiger partial charge on any atom is -0.310 e. The van der Waals surface area contributed by atoms with E-state index < -0.39 is 0 Å². The first kappa shape index (κ1) is 16.4. The Kier molecular flexibility index (Phi) is 4.45. The van der Waals surface area contributed by atoms with Gasteiger partial charge in [0.2, 0.25) is 0 Å². The standard InChI is InChI=1S/C25H23N/c1-19(2)22-15-9-17-24-23(22)16-10-18-25(24)26(20-11-5-3-6-12-20)21-13-7-4-8-14-21/h3-19H,1-2H3. The maximum atomic E-state index is 2.34. The van der Waals surface area contributed by atoms with E-state index in [4.69, 9.17) is 0 Å². The predicted molar refractivity (Wildman–Crippen MR) is 113 cm³/mol. The number of hydrogen-bond donors (Lipinski definition) is 0. The SMILES string of the molecule is CC(C)c1cccc2c(N(c3ccccc3)c3ccccc3)cccc12. The summed E-state index contributed by atoms with van der Waals surface area (Å²) in [4.78, 5) is 2.34. The van der Waals surface area contributed by atoms with E-state index in [1.54, 1.807) is 0 Å². The summed E-state index contributed by atoms with van der Waals surface area (Å²) in [7, 11) is 0. The lowest BCUT2D eigenvalue weighted by molar-refractivity contribution is 0.876. The normalized spacial score (nSPS) is 11.0. The maximum Gasteiger partial charge on any atom is 0.0540 e. The van der Waals surface area contributed by atoms with Gasteiger partial charge in [0.15, 0.2) is 0 Å². The number of rotatable bonds is 4. The Morgan fingerprint density at radius 1 is 0.538 bits per heavy atom. The van der Waals surface area contributed by atoms with Crippen molar-refractivity contribution in [1.29, 1.82) is 0 Å². The summed E-state index contributed by atoms with van der Waals surface area (Å²) < 4.78 is 0. The van der Waals surface area contributed by atoms with Crippen LogP contribution in [-0.2, 0) is 0 Å².